The summed E-state index contributed by atoms with van der Waals surface area (Å²) in [6, 6.07) is 1.04. The molecule has 0 bridgehead atoms. The molecule has 0 radical (unpaired) electrons. The lowest BCUT2D eigenvalue weighted by molar-refractivity contribution is -0.122. The minimum Gasteiger partial charge on any atom is -0.477 e. The van der Waals surface area contributed by atoms with E-state index in [1.807, 2.05) is 0 Å². The van der Waals surface area contributed by atoms with Crippen molar-refractivity contribution in [3.63, 3.8) is 0 Å². The number of hydrogen-bond donors (Lipinski definition) is 4. The molecule has 1 saturated carbocycles. The van der Waals surface area contributed by atoms with Crippen molar-refractivity contribution in [3.05, 3.63) is 18.0 Å². The standard InChI is InChI=1S/C11H15N3O5S/c15-10(7-1-2-7)12-3-4-14-20(18,19)8-5-9(11(16)17)13-6-8/h5-7,13-14H,1-4H2,(H,12,15)(H,16,17). The Labute approximate surface area is 115 Å². The Balaban J connectivity index is 1.83. The van der Waals surface area contributed by atoms with Gasteiger partial charge in [-0.3, -0.25) is 4.79 Å². The van der Waals surface area contributed by atoms with Crippen molar-refractivity contribution in [2.45, 2.75) is 17.7 Å². The molecule has 1 aliphatic rings. The molecule has 110 valence electrons. The molecule has 0 saturated heterocycles. The van der Waals surface area contributed by atoms with Crippen molar-refractivity contribution in [2.24, 2.45) is 5.92 Å². The normalized spacial score (nSPS) is 15.0. The number of sulfonamides is 1. The van der Waals surface area contributed by atoms with Gasteiger partial charge in [0.2, 0.25) is 15.9 Å². The third-order valence-corrected chi connectivity index (χ3v) is 4.30. The highest BCUT2D eigenvalue weighted by atomic mass is 32.2. The topological polar surface area (TPSA) is 128 Å². The summed E-state index contributed by atoms with van der Waals surface area (Å²) >= 11 is 0. The summed E-state index contributed by atoms with van der Waals surface area (Å²) in [5.41, 5.74) is -0.201. The van der Waals surface area contributed by atoms with E-state index in [4.69, 9.17) is 5.11 Å². The van der Waals surface area contributed by atoms with Crippen LogP contribution in [0.2, 0.25) is 0 Å². The molecular formula is C11H15N3O5S. The van der Waals surface area contributed by atoms with E-state index in [9.17, 15) is 18.0 Å². The van der Waals surface area contributed by atoms with Gasteiger partial charge in [0, 0.05) is 25.2 Å². The van der Waals surface area contributed by atoms with E-state index in [1.54, 1.807) is 0 Å². The molecule has 0 atom stereocenters. The molecule has 0 aliphatic heterocycles. The number of carbonyl (C=O) groups excluding carboxylic acids is 1. The fourth-order valence-electron chi connectivity index (χ4n) is 1.60. The third kappa shape index (κ3) is 3.58. The van der Waals surface area contributed by atoms with Crippen LogP contribution in [-0.4, -0.2) is 43.5 Å². The Morgan fingerprint density at radius 1 is 1.35 bits per heavy atom. The molecule has 20 heavy (non-hydrogen) atoms. The molecule has 4 N–H and O–H groups in total. The molecule has 1 amide bonds. The molecule has 0 aromatic carbocycles. The van der Waals surface area contributed by atoms with Crippen LogP contribution in [0.5, 0.6) is 0 Å². The molecule has 0 spiro atoms. The summed E-state index contributed by atoms with van der Waals surface area (Å²) in [7, 11) is -3.77. The third-order valence-electron chi connectivity index (χ3n) is 2.86. The largest absolute Gasteiger partial charge is 0.477 e. The second kappa shape index (κ2) is 5.63. The van der Waals surface area contributed by atoms with Gasteiger partial charge in [0.1, 0.15) is 10.6 Å². The zero-order chi connectivity index (χ0) is 14.8. The van der Waals surface area contributed by atoms with Gasteiger partial charge in [-0.2, -0.15) is 0 Å². The molecule has 1 aliphatic carbocycles. The van der Waals surface area contributed by atoms with Crippen LogP contribution >= 0.6 is 0 Å². The minimum absolute atomic E-state index is 0.0500. The Bertz CT molecular complexity index is 618. The maximum Gasteiger partial charge on any atom is 0.352 e. The molecule has 8 nitrogen and oxygen atoms in total. The van der Waals surface area contributed by atoms with E-state index in [0.29, 0.717) is 0 Å². The number of carboxylic acids is 1. The summed E-state index contributed by atoms with van der Waals surface area (Å²) in [5, 5.41) is 11.3. The number of amides is 1. The van der Waals surface area contributed by atoms with Crippen LogP contribution in [0.25, 0.3) is 0 Å². The molecule has 1 heterocycles. The lowest BCUT2D eigenvalue weighted by atomic mass is 10.4. The lowest BCUT2D eigenvalue weighted by Gasteiger charge is -2.06. The highest BCUT2D eigenvalue weighted by Crippen LogP contribution is 2.28. The number of rotatable bonds is 7. The van der Waals surface area contributed by atoms with Crippen molar-refractivity contribution in [1.29, 1.82) is 0 Å². The van der Waals surface area contributed by atoms with Crippen molar-refractivity contribution < 1.29 is 23.1 Å². The number of H-pyrrole nitrogens is 1. The van der Waals surface area contributed by atoms with Gasteiger partial charge >= 0.3 is 5.97 Å². The van der Waals surface area contributed by atoms with E-state index in [-0.39, 0.29) is 35.5 Å². The van der Waals surface area contributed by atoms with E-state index >= 15 is 0 Å². The van der Waals surface area contributed by atoms with Crippen LogP contribution in [0.15, 0.2) is 17.2 Å². The van der Waals surface area contributed by atoms with Crippen LogP contribution in [0.1, 0.15) is 23.3 Å². The second-order valence-electron chi connectivity index (χ2n) is 4.52. The zero-order valence-corrected chi connectivity index (χ0v) is 11.4. The van der Waals surface area contributed by atoms with E-state index in [1.165, 1.54) is 0 Å². The molecule has 1 aromatic heterocycles. The average Bonchev–Trinajstić information content (AvgIpc) is 3.10. The smallest absolute Gasteiger partial charge is 0.352 e. The summed E-state index contributed by atoms with van der Waals surface area (Å²) in [6.45, 7) is 0.249. The van der Waals surface area contributed by atoms with Gasteiger partial charge in [-0.05, 0) is 18.9 Å². The summed E-state index contributed by atoms with van der Waals surface area (Å²) in [5.74, 6) is -1.21. The van der Waals surface area contributed by atoms with Crippen molar-refractivity contribution in [1.82, 2.24) is 15.0 Å². The number of hydrogen-bond acceptors (Lipinski definition) is 4. The fourth-order valence-corrected chi connectivity index (χ4v) is 2.62. The van der Waals surface area contributed by atoms with Gasteiger partial charge in [-0.25, -0.2) is 17.9 Å². The molecule has 2 rings (SSSR count). The molecule has 1 fully saturated rings. The summed E-state index contributed by atoms with van der Waals surface area (Å²) < 4.78 is 25.9. The van der Waals surface area contributed by atoms with Gasteiger partial charge in [0.15, 0.2) is 0 Å². The maximum absolute atomic E-state index is 11.8. The van der Waals surface area contributed by atoms with Crippen LogP contribution < -0.4 is 10.0 Å². The number of aromatic carboxylic acids is 1. The average molecular weight is 301 g/mol. The number of aromatic nitrogens is 1. The first-order chi connectivity index (χ1) is 9.40. The molecule has 9 heteroatoms. The quantitative estimate of drug-likeness (QED) is 0.505. The van der Waals surface area contributed by atoms with Crippen molar-refractivity contribution >= 4 is 21.9 Å². The molecular weight excluding hydrogens is 286 g/mol. The Kier molecular flexibility index (Phi) is 4.09. The molecule has 1 aromatic rings. The zero-order valence-electron chi connectivity index (χ0n) is 10.5. The summed E-state index contributed by atoms with van der Waals surface area (Å²) in [6.07, 6.45) is 2.88. The minimum atomic E-state index is -3.77. The lowest BCUT2D eigenvalue weighted by Crippen LogP contribution is -2.35. The van der Waals surface area contributed by atoms with Crippen LogP contribution in [-0.2, 0) is 14.8 Å². The highest BCUT2D eigenvalue weighted by molar-refractivity contribution is 7.89. The SMILES string of the molecule is O=C(O)c1cc(S(=O)(=O)NCCNC(=O)C2CC2)c[nH]1. The number of carboxylic acid groups (broad SMARTS) is 1. The predicted octanol–water partition coefficient (Wildman–Crippen LogP) is -0.483. The second-order valence-corrected chi connectivity index (χ2v) is 6.28. The first-order valence-electron chi connectivity index (χ1n) is 6.09. The van der Waals surface area contributed by atoms with Gasteiger partial charge in [-0.15, -0.1) is 0 Å². The number of nitrogens with one attached hydrogen (secondary N) is 3. The van der Waals surface area contributed by atoms with Gasteiger partial charge in [-0.1, -0.05) is 0 Å². The van der Waals surface area contributed by atoms with E-state index in [0.717, 1.165) is 25.1 Å². The van der Waals surface area contributed by atoms with E-state index in [2.05, 4.69) is 15.0 Å². The molecule has 0 unspecified atom stereocenters. The van der Waals surface area contributed by atoms with Gasteiger partial charge < -0.3 is 15.4 Å². The Hall–Kier alpha value is -1.87. The van der Waals surface area contributed by atoms with E-state index < -0.39 is 16.0 Å². The van der Waals surface area contributed by atoms with Crippen LogP contribution in [0.3, 0.4) is 0 Å². The van der Waals surface area contributed by atoms with Crippen LogP contribution in [0, 0.1) is 5.92 Å². The first-order valence-corrected chi connectivity index (χ1v) is 7.57. The summed E-state index contributed by atoms with van der Waals surface area (Å²) in [4.78, 5) is 24.2. The number of aromatic amines is 1. The highest BCUT2D eigenvalue weighted by Gasteiger charge is 2.29. The van der Waals surface area contributed by atoms with Gasteiger partial charge in [0.25, 0.3) is 0 Å². The van der Waals surface area contributed by atoms with Gasteiger partial charge in [0.05, 0.1) is 0 Å². The predicted molar refractivity (Wildman–Crippen MR) is 68.7 cm³/mol. The maximum atomic E-state index is 11.8. The Morgan fingerprint density at radius 3 is 2.60 bits per heavy atom. The monoisotopic (exact) mass is 301 g/mol. The first kappa shape index (κ1) is 14.5. The Morgan fingerprint density at radius 2 is 2.05 bits per heavy atom. The van der Waals surface area contributed by atoms with Crippen molar-refractivity contribution in [2.75, 3.05) is 13.1 Å². The fraction of sp³-hybridized carbons (Fsp3) is 0.455. The van der Waals surface area contributed by atoms with Crippen LogP contribution in [0.4, 0.5) is 0 Å². The number of carbonyl (C=O) groups is 2. The van der Waals surface area contributed by atoms with Crippen molar-refractivity contribution in [3.8, 4) is 0 Å².